The molecule has 0 unspecified atom stereocenters. The molecule has 0 heterocycles. The molecule has 5 heteroatoms. The summed E-state index contributed by atoms with van der Waals surface area (Å²) in [7, 11) is 0. The Balaban J connectivity index is 1.69. The lowest BCUT2D eigenvalue weighted by atomic mass is 9.80. The van der Waals surface area contributed by atoms with E-state index in [2.05, 4.69) is 5.32 Å². The second-order valence-electron chi connectivity index (χ2n) is 5.05. The fourth-order valence-corrected chi connectivity index (χ4v) is 2.02. The van der Waals surface area contributed by atoms with Gasteiger partial charge in [0.05, 0.1) is 12.2 Å². The Kier molecular flexibility index (Phi) is 4.84. The lowest BCUT2D eigenvalue weighted by Gasteiger charge is -2.36. The minimum atomic E-state index is -0.700. The topological polar surface area (TPSA) is 67.8 Å². The molecule has 20 heavy (non-hydrogen) atoms. The van der Waals surface area contributed by atoms with E-state index in [0.29, 0.717) is 18.9 Å². The molecule has 0 atom stereocenters. The molecule has 1 amide bonds. The van der Waals surface area contributed by atoms with Gasteiger partial charge in [-0.05, 0) is 50.5 Å². The fourth-order valence-electron chi connectivity index (χ4n) is 2.02. The molecule has 0 spiro atoms. The molecule has 1 saturated carbocycles. The number of carbonyl (C=O) groups is 1. The lowest BCUT2D eigenvalue weighted by Crippen LogP contribution is -2.48. The summed E-state index contributed by atoms with van der Waals surface area (Å²) in [5.41, 5.74) is -0.700. The summed E-state index contributed by atoms with van der Waals surface area (Å²) >= 11 is 0. The van der Waals surface area contributed by atoms with E-state index >= 15 is 0 Å². The summed E-state index contributed by atoms with van der Waals surface area (Å²) in [6, 6.07) is 7.12. The Morgan fingerprint density at radius 2 is 1.85 bits per heavy atom. The molecule has 1 aromatic rings. The minimum Gasteiger partial charge on any atom is -0.494 e. The summed E-state index contributed by atoms with van der Waals surface area (Å²) in [5, 5.41) is 12.5. The van der Waals surface area contributed by atoms with Gasteiger partial charge in [0.1, 0.15) is 11.5 Å². The van der Waals surface area contributed by atoms with Gasteiger partial charge in [-0.2, -0.15) is 0 Å². The summed E-state index contributed by atoms with van der Waals surface area (Å²) in [4.78, 5) is 11.6. The van der Waals surface area contributed by atoms with E-state index in [0.717, 1.165) is 25.0 Å². The van der Waals surface area contributed by atoms with Gasteiger partial charge in [-0.25, -0.2) is 0 Å². The van der Waals surface area contributed by atoms with Crippen LogP contribution in [0, 0.1) is 0 Å². The van der Waals surface area contributed by atoms with Gasteiger partial charge in [-0.15, -0.1) is 0 Å². The Morgan fingerprint density at radius 1 is 1.25 bits per heavy atom. The summed E-state index contributed by atoms with van der Waals surface area (Å²) in [6.45, 7) is 2.79. The van der Waals surface area contributed by atoms with Gasteiger partial charge in [0.15, 0.2) is 6.61 Å². The number of ether oxygens (including phenoxy) is 2. The Hall–Kier alpha value is -1.75. The van der Waals surface area contributed by atoms with Gasteiger partial charge in [0.2, 0.25) is 0 Å². The van der Waals surface area contributed by atoms with E-state index in [-0.39, 0.29) is 12.5 Å². The third-order valence-corrected chi connectivity index (χ3v) is 3.40. The van der Waals surface area contributed by atoms with Crippen molar-refractivity contribution in [2.45, 2.75) is 31.8 Å². The molecule has 0 aromatic heterocycles. The van der Waals surface area contributed by atoms with Gasteiger partial charge in [0, 0.05) is 6.54 Å². The van der Waals surface area contributed by atoms with Gasteiger partial charge >= 0.3 is 0 Å². The van der Waals surface area contributed by atoms with Crippen LogP contribution < -0.4 is 14.8 Å². The molecule has 1 aliphatic carbocycles. The largest absolute Gasteiger partial charge is 0.494 e. The van der Waals surface area contributed by atoms with E-state index in [9.17, 15) is 9.90 Å². The van der Waals surface area contributed by atoms with E-state index in [1.165, 1.54) is 0 Å². The number of carbonyl (C=O) groups excluding carboxylic acids is 1. The molecule has 110 valence electrons. The quantitative estimate of drug-likeness (QED) is 0.793. The smallest absolute Gasteiger partial charge is 0.258 e. The van der Waals surface area contributed by atoms with Crippen LogP contribution in [-0.4, -0.2) is 36.4 Å². The lowest BCUT2D eigenvalue weighted by molar-refractivity contribution is -0.125. The van der Waals surface area contributed by atoms with Crippen LogP contribution in [-0.2, 0) is 4.79 Å². The van der Waals surface area contributed by atoms with Gasteiger partial charge in [-0.1, -0.05) is 0 Å². The number of aliphatic hydroxyl groups is 1. The highest BCUT2D eigenvalue weighted by Gasteiger charge is 2.34. The molecule has 1 fully saturated rings. The molecule has 0 aliphatic heterocycles. The molecule has 1 aromatic carbocycles. The zero-order valence-electron chi connectivity index (χ0n) is 11.7. The average molecular weight is 279 g/mol. The number of hydrogen-bond acceptors (Lipinski definition) is 4. The second kappa shape index (κ2) is 6.61. The number of hydrogen-bond donors (Lipinski definition) is 2. The van der Waals surface area contributed by atoms with E-state index in [1.807, 2.05) is 6.92 Å². The number of benzene rings is 1. The molecular weight excluding hydrogens is 258 g/mol. The monoisotopic (exact) mass is 279 g/mol. The molecule has 5 nitrogen and oxygen atoms in total. The van der Waals surface area contributed by atoms with Gasteiger partial charge < -0.3 is 19.9 Å². The summed E-state index contributed by atoms with van der Waals surface area (Å²) in [6.07, 6.45) is 2.54. The van der Waals surface area contributed by atoms with Crippen molar-refractivity contribution in [2.24, 2.45) is 0 Å². The van der Waals surface area contributed by atoms with E-state index in [4.69, 9.17) is 9.47 Å². The second-order valence-corrected chi connectivity index (χ2v) is 5.05. The molecule has 1 aliphatic rings. The fraction of sp³-hybridized carbons (Fsp3) is 0.533. The SMILES string of the molecule is CCOc1ccc(OCC(=O)NCC2(O)CCC2)cc1. The molecule has 0 bridgehead atoms. The molecule has 0 radical (unpaired) electrons. The van der Waals surface area contributed by atoms with Crippen molar-refractivity contribution in [3.8, 4) is 11.5 Å². The maximum Gasteiger partial charge on any atom is 0.258 e. The molecule has 2 rings (SSSR count). The van der Waals surface area contributed by atoms with E-state index < -0.39 is 5.60 Å². The van der Waals surface area contributed by atoms with Gasteiger partial charge in [-0.3, -0.25) is 4.79 Å². The number of rotatable bonds is 7. The molecule has 0 saturated heterocycles. The molecular formula is C15H21NO4. The van der Waals surface area contributed by atoms with Crippen LogP contribution >= 0.6 is 0 Å². The summed E-state index contributed by atoms with van der Waals surface area (Å²) < 4.78 is 10.7. The zero-order chi connectivity index (χ0) is 14.4. The van der Waals surface area contributed by atoms with Crippen LogP contribution in [0.3, 0.4) is 0 Å². The first-order chi connectivity index (χ1) is 9.61. The number of nitrogens with one attached hydrogen (secondary N) is 1. The van der Waals surface area contributed by atoms with Crippen molar-refractivity contribution in [2.75, 3.05) is 19.8 Å². The third-order valence-electron chi connectivity index (χ3n) is 3.40. The van der Waals surface area contributed by atoms with Crippen molar-refractivity contribution < 1.29 is 19.4 Å². The van der Waals surface area contributed by atoms with Crippen molar-refractivity contribution >= 4 is 5.91 Å². The zero-order valence-corrected chi connectivity index (χ0v) is 11.7. The highest BCUT2D eigenvalue weighted by molar-refractivity contribution is 5.77. The average Bonchev–Trinajstić information content (AvgIpc) is 2.42. The van der Waals surface area contributed by atoms with Crippen molar-refractivity contribution in [1.82, 2.24) is 5.32 Å². The Bertz CT molecular complexity index is 440. The maximum atomic E-state index is 11.6. The standard InChI is InChI=1S/C15H21NO4/c1-2-19-12-4-6-13(7-5-12)20-10-14(17)16-11-15(18)8-3-9-15/h4-7,18H,2-3,8-11H2,1H3,(H,16,17). The highest BCUT2D eigenvalue weighted by Crippen LogP contribution is 2.30. The Morgan fingerprint density at radius 3 is 2.35 bits per heavy atom. The van der Waals surface area contributed by atoms with Crippen molar-refractivity contribution in [3.05, 3.63) is 24.3 Å². The van der Waals surface area contributed by atoms with Gasteiger partial charge in [0.25, 0.3) is 5.91 Å². The van der Waals surface area contributed by atoms with Crippen LogP contribution in [0.4, 0.5) is 0 Å². The first kappa shape index (κ1) is 14.7. The van der Waals surface area contributed by atoms with Crippen molar-refractivity contribution in [1.29, 1.82) is 0 Å². The third kappa shape index (κ3) is 4.13. The van der Waals surface area contributed by atoms with Crippen LogP contribution in [0.5, 0.6) is 11.5 Å². The van der Waals surface area contributed by atoms with Crippen LogP contribution in [0.1, 0.15) is 26.2 Å². The normalized spacial score (nSPS) is 16.1. The predicted octanol–water partition coefficient (Wildman–Crippen LogP) is 1.50. The summed E-state index contributed by atoms with van der Waals surface area (Å²) in [5.74, 6) is 1.17. The van der Waals surface area contributed by atoms with Crippen LogP contribution in [0.25, 0.3) is 0 Å². The molecule has 2 N–H and O–H groups in total. The highest BCUT2D eigenvalue weighted by atomic mass is 16.5. The van der Waals surface area contributed by atoms with Crippen LogP contribution in [0.15, 0.2) is 24.3 Å². The van der Waals surface area contributed by atoms with E-state index in [1.54, 1.807) is 24.3 Å². The van der Waals surface area contributed by atoms with Crippen molar-refractivity contribution in [3.63, 3.8) is 0 Å². The Labute approximate surface area is 118 Å². The minimum absolute atomic E-state index is 0.0515. The predicted molar refractivity (Wildman–Crippen MR) is 74.9 cm³/mol. The first-order valence-corrected chi connectivity index (χ1v) is 6.96. The first-order valence-electron chi connectivity index (χ1n) is 6.96. The number of amides is 1. The van der Waals surface area contributed by atoms with Crippen LogP contribution in [0.2, 0.25) is 0 Å². The maximum absolute atomic E-state index is 11.6.